The van der Waals surface area contributed by atoms with E-state index in [0.717, 1.165) is 16.9 Å². The van der Waals surface area contributed by atoms with Crippen molar-refractivity contribution in [1.82, 2.24) is 14.5 Å². The van der Waals surface area contributed by atoms with Crippen LogP contribution >= 0.6 is 23.2 Å². The lowest BCUT2D eigenvalue weighted by Crippen LogP contribution is -2.32. The number of carbonyl (C=O) groups is 1. The fourth-order valence-corrected chi connectivity index (χ4v) is 3.94. The van der Waals surface area contributed by atoms with E-state index in [2.05, 4.69) is 9.88 Å². The van der Waals surface area contributed by atoms with Gasteiger partial charge >= 0.3 is 5.97 Å². The van der Waals surface area contributed by atoms with Crippen molar-refractivity contribution in [2.24, 2.45) is 5.92 Å². The number of rotatable bonds is 7. The summed E-state index contributed by atoms with van der Waals surface area (Å²) >= 11 is 12.8. The molecule has 0 bridgehead atoms. The summed E-state index contributed by atoms with van der Waals surface area (Å²) in [6.07, 6.45) is 5.29. The van der Waals surface area contributed by atoms with Gasteiger partial charge in [0.05, 0.1) is 60.4 Å². The van der Waals surface area contributed by atoms with Gasteiger partial charge in [-0.3, -0.25) is 4.79 Å². The van der Waals surface area contributed by atoms with Gasteiger partial charge in [-0.25, -0.2) is 9.97 Å². The van der Waals surface area contributed by atoms with E-state index in [0.29, 0.717) is 48.5 Å². The van der Waals surface area contributed by atoms with Crippen LogP contribution < -0.4 is 4.90 Å². The van der Waals surface area contributed by atoms with Crippen molar-refractivity contribution in [3.8, 4) is 5.69 Å². The number of pyridine rings is 1. The summed E-state index contributed by atoms with van der Waals surface area (Å²) < 4.78 is 13.2. The van der Waals surface area contributed by atoms with Gasteiger partial charge in [-0.2, -0.15) is 0 Å². The molecule has 3 heterocycles. The second kappa shape index (κ2) is 9.82. The number of hydrogen-bond acceptors (Lipinski definition) is 6. The molecule has 1 saturated heterocycles. The van der Waals surface area contributed by atoms with Crippen LogP contribution in [0.3, 0.4) is 0 Å². The monoisotopic (exact) mass is 464 g/mol. The number of carboxylic acid groups (broad SMARTS) is 1. The number of ether oxygens (including phenoxy) is 2. The lowest BCUT2D eigenvalue weighted by Gasteiger charge is -2.26. The first-order valence-electron chi connectivity index (χ1n) is 9.92. The molecule has 1 unspecified atom stereocenters. The third kappa shape index (κ3) is 5.10. The van der Waals surface area contributed by atoms with E-state index < -0.39 is 5.97 Å². The number of carboxylic acids is 1. The predicted molar refractivity (Wildman–Crippen MR) is 118 cm³/mol. The number of fused-ring (bicyclic) bond motifs is 1. The highest BCUT2D eigenvalue weighted by molar-refractivity contribution is 6.45. The van der Waals surface area contributed by atoms with Gasteiger partial charge in [0.15, 0.2) is 0 Å². The molecule has 0 saturated carbocycles. The topological polar surface area (TPSA) is 89.7 Å². The van der Waals surface area contributed by atoms with Gasteiger partial charge in [0, 0.05) is 42.9 Å². The van der Waals surface area contributed by atoms with Crippen molar-refractivity contribution in [2.45, 2.75) is 6.42 Å². The van der Waals surface area contributed by atoms with Crippen molar-refractivity contribution in [1.29, 1.82) is 0 Å². The summed E-state index contributed by atoms with van der Waals surface area (Å²) in [5.41, 5.74) is 1.52. The fourth-order valence-electron chi connectivity index (χ4n) is 3.58. The molecule has 1 N–H and O–H groups in total. The highest BCUT2D eigenvalue weighted by Crippen LogP contribution is 2.35. The Morgan fingerprint density at radius 1 is 1.35 bits per heavy atom. The van der Waals surface area contributed by atoms with Crippen LogP contribution in [0.1, 0.15) is 6.42 Å². The summed E-state index contributed by atoms with van der Waals surface area (Å²) in [4.78, 5) is 21.8. The van der Waals surface area contributed by atoms with Crippen LogP contribution in [0.4, 0.5) is 5.82 Å². The quantitative estimate of drug-likeness (QED) is 0.533. The standard InChI is InChI=1S/C21H22Cl2N4O4/c22-16-2-1-15-17(27-5-4-24-13-27)9-18(25-21(15)20(16)23)26-6-8-31-12-14(10-26)11-30-7-3-19(28)29/h1-2,4-5,9,13-14H,3,6-8,10-12H2,(H,28,29). The first kappa shape index (κ1) is 21.8. The van der Waals surface area contributed by atoms with Gasteiger partial charge < -0.3 is 24.0 Å². The maximum absolute atomic E-state index is 10.7. The highest BCUT2D eigenvalue weighted by atomic mass is 35.5. The first-order chi connectivity index (χ1) is 15.0. The number of imidazole rings is 1. The normalized spacial score (nSPS) is 17.1. The zero-order valence-electron chi connectivity index (χ0n) is 16.7. The van der Waals surface area contributed by atoms with Crippen molar-refractivity contribution in [3.05, 3.63) is 47.0 Å². The highest BCUT2D eigenvalue weighted by Gasteiger charge is 2.22. The summed E-state index contributed by atoms with van der Waals surface area (Å²) in [5.74, 6) is -0.0385. The van der Waals surface area contributed by atoms with E-state index in [4.69, 9.17) is 42.8 Å². The molecule has 1 fully saturated rings. The molecule has 8 nitrogen and oxygen atoms in total. The van der Waals surface area contributed by atoms with Crippen LogP contribution in [0.5, 0.6) is 0 Å². The van der Waals surface area contributed by atoms with Gasteiger partial charge in [-0.15, -0.1) is 0 Å². The van der Waals surface area contributed by atoms with Gasteiger partial charge in [0.1, 0.15) is 5.82 Å². The zero-order chi connectivity index (χ0) is 21.8. The Bertz CT molecular complexity index is 1060. The van der Waals surface area contributed by atoms with Gasteiger partial charge in [0.2, 0.25) is 0 Å². The van der Waals surface area contributed by atoms with Gasteiger partial charge in [-0.1, -0.05) is 23.2 Å². The molecule has 10 heteroatoms. The molecule has 0 aliphatic carbocycles. The summed E-state index contributed by atoms with van der Waals surface area (Å²) in [5, 5.41) is 10.5. The number of nitrogens with zero attached hydrogens (tertiary/aromatic N) is 4. The van der Waals surface area contributed by atoms with Crippen LogP contribution in [0.25, 0.3) is 16.6 Å². The second-order valence-electron chi connectivity index (χ2n) is 7.33. The number of aromatic nitrogens is 3. The zero-order valence-corrected chi connectivity index (χ0v) is 18.2. The minimum absolute atomic E-state index is 0.0168. The largest absolute Gasteiger partial charge is 0.481 e. The van der Waals surface area contributed by atoms with E-state index in [1.165, 1.54) is 0 Å². The molecule has 2 aromatic heterocycles. The SMILES string of the molecule is O=C(O)CCOCC1COCCN(c2cc(-n3ccnc3)c3ccc(Cl)c(Cl)c3n2)C1. The van der Waals surface area contributed by atoms with Gasteiger partial charge in [0.25, 0.3) is 0 Å². The van der Waals surface area contributed by atoms with E-state index in [9.17, 15) is 4.79 Å². The summed E-state index contributed by atoms with van der Waals surface area (Å²) in [6.45, 7) is 3.00. The smallest absolute Gasteiger partial charge is 0.305 e. The summed E-state index contributed by atoms with van der Waals surface area (Å²) in [6, 6.07) is 5.67. The molecule has 1 atom stereocenters. The van der Waals surface area contributed by atoms with E-state index in [1.54, 1.807) is 18.6 Å². The number of benzene rings is 1. The minimum atomic E-state index is -0.873. The molecule has 1 aliphatic rings. The Morgan fingerprint density at radius 3 is 3.00 bits per heavy atom. The number of hydrogen-bond donors (Lipinski definition) is 1. The molecule has 4 rings (SSSR count). The Balaban J connectivity index is 1.64. The predicted octanol–water partition coefficient (Wildman–Crippen LogP) is 3.67. The lowest BCUT2D eigenvalue weighted by atomic mass is 10.1. The maximum Gasteiger partial charge on any atom is 0.305 e. The van der Waals surface area contributed by atoms with Gasteiger partial charge in [-0.05, 0) is 12.1 Å². The van der Waals surface area contributed by atoms with E-state index in [1.807, 2.05) is 22.9 Å². The molecule has 0 amide bonds. The Morgan fingerprint density at radius 2 is 2.23 bits per heavy atom. The van der Waals surface area contributed by atoms with Crippen molar-refractivity contribution < 1.29 is 19.4 Å². The Labute approximate surface area is 189 Å². The maximum atomic E-state index is 10.7. The van der Waals surface area contributed by atoms with E-state index in [-0.39, 0.29) is 18.9 Å². The van der Waals surface area contributed by atoms with Crippen LogP contribution in [-0.4, -0.2) is 65.1 Å². The molecular weight excluding hydrogens is 443 g/mol. The number of aliphatic carboxylic acids is 1. The van der Waals surface area contributed by atoms with Crippen LogP contribution in [0, 0.1) is 5.92 Å². The van der Waals surface area contributed by atoms with Crippen LogP contribution in [0.2, 0.25) is 10.0 Å². The molecule has 31 heavy (non-hydrogen) atoms. The lowest BCUT2D eigenvalue weighted by molar-refractivity contribution is -0.138. The van der Waals surface area contributed by atoms with Crippen molar-refractivity contribution in [2.75, 3.05) is 44.4 Å². The first-order valence-corrected chi connectivity index (χ1v) is 10.7. The minimum Gasteiger partial charge on any atom is -0.481 e. The van der Waals surface area contributed by atoms with E-state index >= 15 is 0 Å². The second-order valence-corrected chi connectivity index (χ2v) is 8.12. The average Bonchev–Trinajstić information content (AvgIpc) is 3.19. The Hall–Kier alpha value is -2.39. The Kier molecular flexibility index (Phi) is 6.92. The number of halogens is 2. The van der Waals surface area contributed by atoms with Crippen LogP contribution in [0.15, 0.2) is 36.9 Å². The van der Waals surface area contributed by atoms with Crippen molar-refractivity contribution in [3.63, 3.8) is 0 Å². The van der Waals surface area contributed by atoms with Crippen LogP contribution in [-0.2, 0) is 14.3 Å². The fraction of sp³-hybridized carbons (Fsp3) is 0.381. The molecule has 0 radical (unpaired) electrons. The number of anilines is 1. The third-order valence-corrected chi connectivity index (χ3v) is 5.89. The molecule has 164 valence electrons. The molecule has 0 spiro atoms. The molecule has 1 aromatic carbocycles. The van der Waals surface area contributed by atoms with Crippen molar-refractivity contribution >= 4 is 45.9 Å². The molecule has 3 aromatic rings. The summed E-state index contributed by atoms with van der Waals surface area (Å²) in [7, 11) is 0. The molecular formula is C21H22Cl2N4O4. The molecule has 1 aliphatic heterocycles. The average molecular weight is 465 g/mol. The third-order valence-electron chi connectivity index (χ3n) is 5.10.